The normalized spacial score (nSPS) is 16.2. The Kier molecular flexibility index (Phi) is 12.5. The fraction of sp³-hybridized carbons (Fsp3) is 0.214. The zero-order valence-electron chi connectivity index (χ0n) is 30.9. The third-order valence-corrected chi connectivity index (χ3v) is 9.51. The average Bonchev–Trinajstić information content (AvgIpc) is 4.06. The Morgan fingerprint density at radius 3 is 2.00 bits per heavy atom. The van der Waals surface area contributed by atoms with Gasteiger partial charge < -0.3 is 30.7 Å². The van der Waals surface area contributed by atoms with Gasteiger partial charge in [0.15, 0.2) is 0 Å². The molecule has 296 valence electrons. The molecule has 8 rings (SSSR count). The van der Waals surface area contributed by atoms with Gasteiger partial charge in [0.2, 0.25) is 0 Å². The second-order valence-electron chi connectivity index (χ2n) is 13.4. The van der Waals surface area contributed by atoms with Crippen LogP contribution in [0.25, 0.3) is 11.4 Å². The van der Waals surface area contributed by atoms with Gasteiger partial charge in [0, 0.05) is 43.4 Å². The van der Waals surface area contributed by atoms with Crippen LogP contribution in [0, 0.1) is 17.1 Å². The van der Waals surface area contributed by atoms with Gasteiger partial charge in [0.1, 0.15) is 17.3 Å². The first-order valence-corrected chi connectivity index (χ1v) is 18.4. The molecule has 2 aliphatic heterocycles. The van der Waals surface area contributed by atoms with Crippen LogP contribution >= 0.6 is 0 Å². The highest BCUT2D eigenvalue weighted by Gasteiger charge is 2.18. The summed E-state index contributed by atoms with van der Waals surface area (Å²) < 4.78 is 51.4. The molecule has 0 radical (unpaired) electrons. The summed E-state index contributed by atoms with van der Waals surface area (Å²) in [5.41, 5.74) is 5.34. The first-order chi connectivity index (χ1) is 28.2. The summed E-state index contributed by atoms with van der Waals surface area (Å²) in [4.78, 5) is 25.0. The van der Waals surface area contributed by atoms with Crippen LogP contribution in [0.2, 0.25) is 0 Å². The quantitative estimate of drug-likeness (QED) is 0.120. The molecule has 4 N–H and O–H groups in total. The molecule has 13 nitrogen and oxygen atoms in total. The lowest BCUT2D eigenvalue weighted by Gasteiger charge is -2.24. The van der Waals surface area contributed by atoms with E-state index < -0.39 is 12.4 Å². The van der Waals surface area contributed by atoms with Gasteiger partial charge in [-0.15, -0.1) is 0 Å². The first-order valence-electron chi connectivity index (χ1n) is 18.4. The number of amides is 2. The van der Waals surface area contributed by atoms with Crippen LogP contribution in [0.5, 0.6) is 5.75 Å². The molecule has 2 fully saturated rings. The minimum absolute atomic E-state index is 0.00838. The second-order valence-corrected chi connectivity index (χ2v) is 13.4. The van der Waals surface area contributed by atoms with E-state index in [4.69, 9.17) is 10.00 Å². The van der Waals surface area contributed by atoms with Crippen molar-refractivity contribution in [3.05, 3.63) is 149 Å². The lowest BCUT2D eigenvalue weighted by molar-refractivity contribution is -0.0498. The van der Waals surface area contributed by atoms with Gasteiger partial charge in [-0.25, -0.2) is 13.8 Å². The molecule has 0 saturated carbocycles. The molecule has 58 heavy (non-hydrogen) atoms. The number of nitrogens with one attached hydrogen (secondary N) is 4. The van der Waals surface area contributed by atoms with Crippen molar-refractivity contribution in [2.45, 2.75) is 25.1 Å². The smallest absolute Gasteiger partial charge is 0.387 e. The molecule has 2 saturated heterocycles. The van der Waals surface area contributed by atoms with Crippen molar-refractivity contribution in [1.82, 2.24) is 30.2 Å². The number of ether oxygens (including phenoxy) is 2. The van der Waals surface area contributed by atoms with Gasteiger partial charge in [-0.05, 0) is 96.7 Å². The minimum atomic E-state index is -2.87. The number of anilines is 2. The van der Waals surface area contributed by atoms with Gasteiger partial charge in [0.25, 0.3) is 11.8 Å². The van der Waals surface area contributed by atoms with Gasteiger partial charge in [-0.2, -0.15) is 24.2 Å². The largest absolute Gasteiger partial charge is 0.435 e. The van der Waals surface area contributed by atoms with Crippen LogP contribution in [-0.2, 0) is 4.74 Å². The van der Waals surface area contributed by atoms with E-state index in [9.17, 15) is 22.8 Å². The number of benzene rings is 4. The third kappa shape index (κ3) is 9.95. The van der Waals surface area contributed by atoms with E-state index >= 15 is 0 Å². The standard InChI is InChI=1S/C21H20F2N4O2.C21H18FN5O2/c22-21(23)29-19-7-5-18(6-8-19)27-13-16(12-25-27)20(28)26-17-3-1-14(2-4-17)15-9-10-24-11-15;22-18-9-14(10-23)1-6-19(18)27-13-16(11-25-27)21(28)26-17-4-2-15(3-5-17)20-12-24-7-8-29-20/h1-8,12-13,15,21,24H,9-11H2,(H,26,28);1-6,9,11,13,20,24H,7-8,12H2,(H,26,28)/t;20-/m.0/s1. The maximum atomic E-state index is 14.1. The van der Waals surface area contributed by atoms with Crippen LogP contribution in [0.1, 0.15) is 55.8 Å². The predicted octanol–water partition coefficient (Wildman–Crippen LogP) is 6.60. The summed E-state index contributed by atoms with van der Waals surface area (Å²) in [6.07, 6.45) is 6.97. The van der Waals surface area contributed by atoms with Crippen molar-refractivity contribution >= 4 is 23.2 Å². The number of hydrogen-bond acceptors (Lipinski definition) is 9. The monoisotopic (exact) mass is 789 g/mol. The zero-order valence-corrected chi connectivity index (χ0v) is 30.9. The fourth-order valence-corrected chi connectivity index (χ4v) is 6.44. The van der Waals surface area contributed by atoms with Crippen molar-refractivity contribution in [2.75, 3.05) is 43.4 Å². The summed E-state index contributed by atoms with van der Waals surface area (Å²) in [5, 5.41) is 29.3. The van der Waals surface area contributed by atoms with Crippen molar-refractivity contribution < 1.29 is 32.2 Å². The summed E-state index contributed by atoms with van der Waals surface area (Å²) in [6.45, 7) is 1.44. The summed E-state index contributed by atoms with van der Waals surface area (Å²) in [6, 6.07) is 27.3. The Hall–Kier alpha value is -6.80. The van der Waals surface area contributed by atoms with Gasteiger partial charge in [0.05, 0.1) is 53.6 Å². The molecule has 6 aromatic rings. The number of rotatable bonds is 10. The lowest BCUT2D eigenvalue weighted by Crippen LogP contribution is -2.33. The topological polar surface area (TPSA) is 160 Å². The van der Waals surface area contributed by atoms with Crippen molar-refractivity contribution in [3.63, 3.8) is 0 Å². The predicted molar refractivity (Wildman–Crippen MR) is 209 cm³/mol. The molecular weight excluding hydrogens is 752 g/mol. The molecule has 16 heteroatoms. The maximum Gasteiger partial charge on any atom is 0.387 e. The highest BCUT2D eigenvalue weighted by Crippen LogP contribution is 2.25. The van der Waals surface area contributed by atoms with E-state index in [0.717, 1.165) is 44.2 Å². The Morgan fingerprint density at radius 2 is 1.43 bits per heavy atom. The third-order valence-electron chi connectivity index (χ3n) is 9.51. The maximum absolute atomic E-state index is 14.1. The van der Waals surface area contributed by atoms with E-state index in [0.29, 0.717) is 35.2 Å². The van der Waals surface area contributed by atoms with Crippen molar-refractivity contribution in [1.29, 1.82) is 5.26 Å². The van der Waals surface area contributed by atoms with Gasteiger partial charge >= 0.3 is 6.61 Å². The Labute approximate surface area is 331 Å². The molecule has 1 unspecified atom stereocenters. The van der Waals surface area contributed by atoms with E-state index in [1.165, 1.54) is 57.8 Å². The first kappa shape index (κ1) is 39.4. The van der Waals surface area contributed by atoms with E-state index in [-0.39, 0.29) is 40.5 Å². The number of halogens is 3. The van der Waals surface area contributed by atoms with E-state index in [1.54, 1.807) is 18.3 Å². The van der Waals surface area contributed by atoms with E-state index in [2.05, 4.69) is 36.2 Å². The molecule has 2 amide bonds. The molecule has 4 heterocycles. The molecule has 2 aliphatic rings. The molecular formula is C42H38F3N9O4. The highest BCUT2D eigenvalue weighted by molar-refractivity contribution is 6.04. The number of alkyl halides is 2. The summed E-state index contributed by atoms with van der Waals surface area (Å²) >= 11 is 0. The molecule has 2 atom stereocenters. The number of nitrogens with zero attached hydrogens (tertiary/aromatic N) is 5. The number of aromatic nitrogens is 4. The molecule has 2 aromatic heterocycles. The van der Waals surface area contributed by atoms with Gasteiger partial charge in [-0.3, -0.25) is 9.59 Å². The zero-order chi connectivity index (χ0) is 40.4. The summed E-state index contributed by atoms with van der Waals surface area (Å²) in [7, 11) is 0. The molecule has 0 spiro atoms. The number of carbonyl (C=O) groups is 2. The van der Waals surface area contributed by atoms with Crippen LogP contribution in [0.3, 0.4) is 0 Å². The number of nitriles is 1. The van der Waals surface area contributed by atoms with E-state index in [1.807, 2.05) is 54.6 Å². The fourth-order valence-electron chi connectivity index (χ4n) is 6.44. The number of morpholine rings is 1. The Morgan fingerprint density at radius 1 is 0.810 bits per heavy atom. The van der Waals surface area contributed by atoms with Crippen LogP contribution in [0.15, 0.2) is 116 Å². The Balaban J connectivity index is 0.000000177. The average molecular weight is 790 g/mol. The minimum Gasteiger partial charge on any atom is -0.435 e. The number of carbonyl (C=O) groups excluding carboxylic acids is 2. The Bertz CT molecular complexity index is 2370. The number of hydrogen-bond donors (Lipinski definition) is 4. The molecule has 0 aliphatic carbocycles. The van der Waals surface area contributed by atoms with Crippen LogP contribution < -0.4 is 26.0 Å². The summed E-state index contributed by atoms with van der Waals surface area (Å²) in [5.74, 6) is -0.631. The van der Waals surface area contributed by atoms with Crippen molar-refractivity contribution in [3.8, 4) is 23.2 Å². The van der Waals surface area contributed by atoms with Crippen LogP contribution in [0.4, 0.5) is 24.5 Å². The molecule has 0 bridgehead atoms. The second kappa shape index (κ2) is 18.4. The lowest BCUT2D eigenvalue weighted by atomic mass is 9.98. The highest BCUT2D eigenvalue weighted by atomic mass is 19.3. The van der Waals surface area contributed by atoms with Crippen molar-refractivity contribution in [2.24, 2.45) is 0 Å². The van der Waals surface area contributed by atoms with Gasteiger partial charge in [-0.1, -0.05) is 24.3 Å². The van der Waals surface area contributed by atoms with Crippen LogP contribution in [-0.4, -0.2) is 70.8 Å². The molecule has 4 aromatic carbocycles. The SMILES string of the molecule is N#Cc1ccc(-n2cc(C(=O)Nc3ccc([C@@H]4CNCCO4)cc3)cn2)c(F)c1.O=C(Nc1ccc(C2CCNC2)cc1)c1cnn(-c2ccc(OC(F)F)cc2)c1.